The number of amides is 2. The van der Waals surface area contributed by atoms with E-state index < -0.39 is 6.04 Å². The standard InChI is InChI=1S/C20H32N4O2/c1-15(2)18(23-19(25)17-7-4-6-16(3)14-17)20(26)22-8-5-11-24-12-9-21-10-13-24/h4,6-7,14-15,18,21H,5,8-13H2,1-3H3,(H,22,26)(H,23,25). The highest BCUT2D eigenvalue weighted by molar-refractivity contribution is 5.97. The molecule has 144 valence electrons. The van der Waals surface area contributed by atoms with Gasteiger partial charge in [-0.1, -0.05) is 31.5 Å². The van der Waals surface area contributed by atoms with Gasteiger partial charge in [0.2, 0.25) is 5.91 Å². The predicted octanol–water partition coefficient (Wildman–Crippen LogP) is 1.16. The molecular formula is C20H32N4O2. The number of piperazine rings is 1. The summed E-state index contributed by atoms with van der Waals surface area (Å²) >= 11 is 0. The lowest BCUT2D eigenvalue weighted by Gasteiger charge is -2.27. The maximum Gasteiger partial charge on any atom is 0.251 e. The van der Waals surface area contributed by atoms with Crippen LogP contribution in [0.25, 0.3) is 0 Å². The summed E-state index contributed by atoms with van der Waals surface area (Å²) in [7, 11) is 0. The van der Waals surface area contributed by atoms with E-state index in [2.05, 4.69) is 20.9 Å². The normalized spacial score (nSPS) is 16.3. The fraction of sp³-hybridized carbons (Fsp3) is 0.600. The molecule has 6 heteroatoms. The van der Waals surface area contributed by atoms with Gasteiger partial charge in [0.25, 0.3) is 5.91 Å². The predicted molar refractivity (Wildman–Crippen MR) is 104 cm³/mol. The van der Waals surface area contributed by atoms with Crippen LogP contribution in [-0.2, 0) is 4.79 Å². The van der Waals surface area contributed by atoms with Gasteiger partial charge in [-0.25, -0.2) is 0 Å². The summed E-state index contributed by atoms with van der Waals surface area (Å²) in [5, 5.41) is 9.19. The zero-order chi connectivity index (χ0) is 18.9. The monoisotopic (exact) mass is 360 g/mol. The molecule has 0 aromatic heterocycles. The van der Waals surface area contributed by atoms with E-state index in [4.69, 9.17) is 0 Å². The van der Waals surface area contributed by atoms with Crippen LogP contribution in [0.4, 0.5) is 0 Å². The molecule has 1 heterocycles. The molecule has 1 saturated heterocycles. The molecular weight excluding hydrogens is 328 g/mol. The van der Waals surface area contributed by atoms with Crippen molar-refractivity contribution >= 4 is 11.8 Å². The summed E-state index contributed by atoms with van der Waals surface area (Å²) in [4.78, 5) is 27.4. The number of nitrogens with zero attached hydrogens (tertiary/aromatic N) is 1. The van der Waals surface area contributed by atoms with Crippen molar-refractivity contribution < 1.29 is 9.59 Å². The SMILES string of the molecule is Cc1cccc(C(=O)NC(C(=O)NCCCN2CCNCC2)C(C)C)c1. The lowest BCUT2D eigenvalue weighted by atomic mass is 10.0. The molecule has 1 fully saturated rings. The van der Waals surface area contributed by atoms with Crippen molar-refractivity contribution in [2.45, 2.75) is 33.2 Å². The lowest BCUT2D eigenvalue weighted by Crippen LogP contribution is -2.50. The van der Waals surface area contributed by atoms with Crippen molar-refractivity contribution in [1.29, 1.82) is 0 Å². The molecule has 1 aliphatic heterocycles. The third-order valence-electron chi connectivity index (χ3n) is 4.68. The molecule has 1 atom stereocenters. The van der Waals surface area contributed by atoms with E-state index in [9.17, 15) is 9.59 Å². The molecule has 1 aromatic rings. The highest BCUT2D eigenvalue weighted by atomic mass is 16.2. The summed E-state index contributed by atoms with van der Waals surface area (Å²) in [6.07, 6.45) is 0.919. The molecule has 2 rings (SSSR count). The second kappa shape index (κ2) is 10.3. The van der Waals surface area contributed by atoms with E-state index in [1.54, 1.807) is 6.07 Å². The van der Waals surface area contributed by atoms with Gasteiger partial charge in [-0.15, -0.1) is 0 Å². The van der Waals surface area contributed by atoms with Crippen molar-refractivity contribution in [1.82, 2.24) is 20.9 Å². The van der Waals surface area contributed by atoms with Gasteiger partial charge in [-0.3, -0.25) is 9.59 Å². The molecule has 0 radical (unpaired) electrons. The van der Waals surface area contributed by atoms with Gasteiger partial charge in [0.05, 0.1) is 0 Å². The summed E-state index contributed by atoms with van der Waals surface area (Å²) in [5.74, 6) is -0.290. The molecule has 26 heavy (non-hydrogen) atoms. The van der Waals surface area contributed by atoms with Crippen LogP contribution in [0.5, 0.6) is 0 Å². The summed E-state index contributed by atoms with van der Waals surface area (Å²) in [6, 6.07) is 6.87. The second-order valence-electron chi connectivity index (χ2n) is 7.30. The van der Waals surface area contributed by atoms with Gasteiger partial charge in [-0.05, 0) is 37.9 Å². The van der Waals surface area contributed by atoms with Gasteiger partial charge in [0.1, 0.15) is 6.04 Å². The highest BCUT2D eigenvalue weighted by Crippen LogP contribution is 2.07. The minimum absolute atomic E-state index is 0.0249. The first kappa shape index (κ1) is 20.4. The number of aryl methyl sites for hydroxylation is 1. The first-order valence-electron chi connectivity index (χ1n) is 9.55. The van der Waals surface area contributed by atoms with Gasteiger partial charge in [-0.2, -0.15) is 0 Å². The van der Waals surface area contributed by atoms with Gasteiger partial charge in [0, 0.05) is 38.3 Å². The molecule has 1 aliphatic rings. The van der Waals surface area contributed by atoms with E-state index in [-0.39, 0.29) is 17.7 Å². The van der Waals surface area contributed by atoms with Crippen molar-refractivity contribution in [3.05, 3.63) is 35.4 Å². The molecule has 1 unspecified atom stereocenters. The van der Waals surface area contributed by atoms with Gasteiger partial charge < -0.3 is 20.9 Å². The first-order chi connectivity index (χ1) is 12.5. The molecule has 0 bridgehead atoms. The third-order valence-corrected chi connectivity index (χ3v) is 4.68. The molecule has 0 saturated carbocycles. The Hall–Kier alpha value is -1.92. The Morgan fingerprint density at radius 1 is 1.23 bits per heavy atom. The molecule has 3 N–H and O–H groups in total. The first-order valence-corrected chi connectivity index (χ1v) is 9.55. The fourth-order valence-corrected chi connectivity index (χ4v) is 3.10. The number of hydrogen-bond donors (Lipinski definition) is 3. The van der Waals surface area contributed by atoms with E-state index >= 15 is 0 Å². The summed E-state index contributed by atoms with van der Waals surface area (Å²) in [5.41, 5.74) is 1.61. The van der Waals surface area contributed by atoms with Crippen LogP contribution in [0, 0.1) is 12.8 Å². The molecule has 2 amide bonds. The minimum Gasteiger partial charge on any atom is -0.354 e. The second-order valence-corrected chi connectivity index (χ2v) is 7.30. The number of benzene rings is 1. The summed E-state index contributed by atoms with van der Waals surface area (Å²) in [6.45, 7) is 11.7. The maximum atomic E-state index is 12.5. The number of carbonyl (C=O) groups excluding carboxylic acids is 2. The van der Waals surface area contributed by atoms with Crippen LogP contribution in [-0.4, -0.2) is 62.0 Å². The molecule has 6 nitrogen and oxygen atoms in total. The van der Waals surface area contributed by atoms with Crippen LogP contribution in [0.15, 0.2) is 24.3 Å². The average molecular weight is 361 g/mol. The Kier molecular flexibility index (Phi) is 8.06. The van der Waals surface area contributed by atoms with Crippen LogP contribution >= 0.6 is 0 Å². The minimum atomic E-state index is -0.526. The fourth-order valence-electron chi connectivity index (χ4n) is 3.10. The molecule has 0 spiro atoms. The van der Waals surface area contributed by atoms with Crippen molar-refractivity contribution in [2.75, 3.05) is 39.3 Å². The number of rotatable bonds is 8. The topological polar surface area (TPSA) is 73.5 Å². The highest BCUT2D eigenvalue weighted by Gasteiger charge is 2.24. The quantitative estimate of drug-likeness (QED) is 0.608. The lowest BCUT2D eigenvalue weighted by molar-refractivity contribution is -0.123. The zero-order valence-corrected chi connectivity index (χ0v) is 16.2. The number of nitrogens with one attached hydrogen (secondary N) is 3. The van der Waals surface area contributed by atoms with Gasteiger partial charge in [0.15, 0.2) is 0 Å². The maximum absolute atomic E-state index is 12.5. The number of carbonyl (C=O) groups is 2. The van der Waals surface area contributed by atoms with E-state index in [1.165, 1.54) is 0 Å². The Balaban J connectivity index is 1.79. The molecule has 0 aliphatic carbocycles. The Labute approximate surface area is 156 Å². The van der Waals surface area contributed by atoms with Crippen LogP contribution in [0.2, 0.25) is 0 Å². The number of hydrogen-bond acceptors (Lipinski definition) is 4. The largest absolute Gasteiger partial charge is 0.354 e. The Morgan fingerprint density at radius 2 is 1.96 bits per heavy atom. The van der Waals surface area contributed by atoms with E-state index in [1.807, 2.05) is 39.0 Å². The summed E-state index contributed by atoms with van der Waals surface area (Å²) < 4.78 is 0. The van der Waals surface area contributed by atoms with Crippen LogP contribution in [0.3, 0.4) is 0 Å². The Bertz CT molecular complexity index is 597. The van der Waals surface area contributed by atoms with Gasteiger partial charge >= 0.3 is 0 Å². The van der Waals surface area contributed by atoms with Crippen molar-refractivity contribution in [3.8, 4) is 0 Å². The zero-order valence-electron chi connectivity index (χ0n) is 16.2. The van der Waals surface area contributed by atoms with Crippen LogP contribution < -0.4 is 16.0 Å². The van der Waals surface area contributed by atoms with Crippen LogP contribution in [0.1, 0.15) is 36.2 Å². The average Bonchev–Trinajstić information content (AvgIpc) is 2.63. The van der Waals surface area contributed by atoms with E-state index in [0.717, 1.165) is 44.7 Å². The molecule has 1 aromatic carbocycles. The Morgan fingerprint density at radius 3 is 2.62 bits per heavy atom. The smallest absolute Gasteiger partial charge is 0.251 e. The van der Waals surface area contributed by atoms with Crippen molar-refractivity contribution in [2.24, 2.45) is 5.92 Å². The van der Waals surface area contributed by atoms with Crippen molar-refractivity contribution in [3.63, 3.8) is 0 Å². The van der Waals surface area contributed by atoms with E-state index in [0.29, 0.717) is 12.1 Å². The third kappa shape index (κ3) is 6.42.